The maximum Gasteiger partial charge on any atom is 0.417 e. The van der Waals surface area contributed by atoms with Gasteiger partial charge in [0.25, 0.3) is 5.91 Å². The maximum absolute atomic E-state index is 13.4. The first-order valence-electron chi connectivity index (χ1n) is 9.48. The highest BCUT2D eigenvalue weighted by atomic mass is 35.5. The summed E-state index contributed by atoms with van der Waals surface area (Å²) >= 11 is 6.10. The van der Waals surface area contributed by atoms with Crippen LogP contribution in [-0.2, 0) is 11.2 Å². The van der Waals surface area contributed by atoms with Crippen molar-refractivity contribution >= 4 is 17.5 Å². The molecule has 1 aliphatic heterocycles. The lowest BCUT2D eigenvalue weighted by Crippen LogP contribution is -2.41. The predicted molar refractivity (Wildman–Crippen MR) is 99.4 cm³/mol. The second-order valence-electron chi connectivity index (χ2n) is 7.63. The van der Waals surface area contributed by atoms with Gasteiger partial charge in [-0.3, -0.25) is 9.78 Å². The molecule has 3 unspecified atom stereocenters. The Bertz CT molecular complexity index is 1090. The van der Waals surface area contributed by atoms with Crippen LogP contribution in [0.4, 0.5) is 13.2 Å². The molecule has 0 saturated heterocycles. The summed E-state index contributed by atoms with van der Waals surface area (Å²) < 4.78 is 41.6. The van der Waals surface area contributed by atoms with Crippen LogP contribution in [0.2, 0.25) is 0 Å². The molecule has 0 radical (unpaired) electrons. The normalized spacial score (nSPS) is 25.6. The molecular weight excluding hydrogens is 421 g/mol. The molecule has 2 aliphatic carbocycles. The Kier molecular flexibility index (Phi) is 4.25. The van der Waals surface area contributed by atoms with Crippen molar-refractivity contribution in [1.29, 1.82) is 0 Å². The molecule has 7 nitrogen and oxygen atoms in total. The van der Waals surface area contributed by atoms with E-state index in [9.17, 15) is 18.0 Å². The van der Waals surface area contributed by atoms with Crippen molar-refractivity contribution in [3.8, 4) is 5.82 Å². The van der Waals surface area contributed by atoms with E-state index in [-0.39, 0.29) is 17.4 Å². The highest BCUT2D eigenvalue weighted by molar-refractivity contribution is 6.34. The number of fused-ring (bicyclic) bond motifs is 2. The molecule has 0 spiro atoms. The van der Waals surface area contributed by atoms with Crippen molar-refractivity contribution in [3.63, 3.8) is 0 Å². The molecule has 3 atom stereocenters. The molecule has 5 rings (SSSR count). The van der Waals surface area contributed by atoms with Crippen LogP contribution in [0.3, 0.4) is 0 Å². The third kappa shape index (κ3) is 2.92. The molecule has 2 aromatic rings. The number of amides is 1. The molecule has 0 bridgehead atoms. The second-order valence-corrected chi connectivity index (χ2v) is 8.01. The van der Waals surface area contributed by atoms with Gasteiger partial charge in [0.1, 0.15) is 5.69 Å². The standard InChI is InChI=1S/C19H16ClF3N6O/c1-9-17-13(29(27-26-17)14-8-24-3-4-25-14)2-5-28(9)18(30)15-11-6-10(11)7-12(16(15)20)19(21,22)23/h3-4,7-11H,2,5-6H2,1H3. The maximum atomic E-state index is 13.4. The van der Waals surface area contributed by atoms with Gasteiger partial charge in [-0.2, -0.15) is 17.9 Å². The molecule has 0 N–H and O–H groups in total. The van der Waals surface area contributed by atoms with Crippen LogP contribution in [0.1, 0.15) is 30.8 Å². The fraction of sp³-hybridized carbons (Fsp3) is 0.421. The topological polar surface area (TPSA) is 76.8 Å². The van der Waals surface area contributed by atoms with Gasteiger partial charge < -0.3 is 4.90 Å². The lowest BCUT2D eigenvalue weighted by molar-refractivity contribution is -0.130. The Balaban J connectivity index is 1.47. The quantitative estimate of drug-likeness (QED) is 0.723. The van der Waals surface area contributed by atoms with Crippen LogP contribution in [0.5, 0.6) is 0 Å². The lowest BCUT2D eigenvalue weighted by atomic mass is 9.95. The van der Waals surface area contributed by atoms with Gasteiger partial charge >= 0.3 is 6.18 Å². The Morgan fingerprint density at radius 1 is 1.30 bits per heavy atom. The van der Waals surface area contributed by atoms with Gasteiger partial charge in [0, 0.05) is 30.9 Å². The lowest BCUT2D eigenvalue weighted by Gasteiger charge is -2.34. The number of carbonyl (C=O) groups is 1. The molecule has 0 aromatic carbocycles. The summed E-state index contributed by atoms with van der Waals surface area (Å²) in [7, 11) is 0. The van der Waals surface area contributed by atoms with Gasteiger partial charge in [0.05, 0.1) is 28.5 Å². The zero-order chi connectivity index (χ0) is 21.2. The van der Waals surface area contributed by atoms with Crippen LogP contribution < -0.4 is 0 Å². The smallest absolute Gasteiger partial charge is 0.330 e. The van der Waals surface area contributed by atoms with E-state index >= 15 is 0 Å². The van der Waals surface area contributed by atoms with E-state index in [1.165, 1.54) is 4.90 Å². The molecule has 30 heavy (non-hydrogen) atoms. The first-order chi connectivity index (χ1) is 14.3. The summed E-state index contributed by atoms with van der Waals surface area (Å²) in [6.45, 7) is 2.10. The van der Waals surface area contributed by atoms with E-state index in [0.717, 1.165) is 11.8 Å². The zero-order valence-electron chi connectivity index (χ0n) is 15.8. The Morgan fingerprint density at radius 3 is 2.80 bits per heavy atom. The minimum absolute atomic E-state index is 0.0631. The summed E-state index contributed by atoms with van der Waals surface area (Å²) in [6.07, 6.45) is 2.16. The number of halogens is 4. The van der Waals surface area contributed by atoms with Gasteiger partial charge in [-0.25, -0.2) is 4.98 Å². The van der Waals surface area contributed by atoms with E-state index in [2.05, 4.69) is 20.3 Å². The molecule has 2 aromatic heterocycles. The van der Waals surface area contributed by atoms with Crippen LogP contribution in [0, 0.1) is 11.8 Å². The van der Waals surface area contributed by atoms with E-state index < -0.39 is 28.7 Å². The SMILES string of the molecule is CC1c2nnn(-c3cnccn3)c2CCN1C(=O)C1=C(Cl)C(C(F)(F)F)=CC2CC12. The average molecular weight is 437 g/mol. The third-order valence-electron chi connectivity index (χ3n) is 5.87. The fourth-order valence-electron chi connectivity index (χ4n) is 4.25. The fourth-order valence-corrected chi connectivity index (χ4v) is 4.64. The van der Waals surface area contributed by atoms with Crippen molar-refractivity contribution in [1.82, 2.24) is 29.9 Å². The number of carbonyl (C=O) groups excluding carboxylic acids is 1. The minimum atomic E-state index is -4.59. The molecule has 3 aliphatic rings. The molecule has 3 heterocycles. The van der Waals surface area contributed by atoms with Gasteiger partial charge in [0.2, 0.25) is 0 Å². The van der Waals surface area contributed by atoms with E-state index in [0.29, 0.717) is 30.9 Å². The number of hydrogen-bond donors (Lipinski definition) is 0. The third-order valence-corrected chi connectivity index (χ3v) is 6.28. The number of alkyl halides is 3. The molecule has 156 valence electrons. The summed E-state index contributed by atoms with van der Waals surface area (Å²) in [5.41, 5.74) is 0.543. The van der Waals surface area contributed by atoms with E-state index in [4.69, 9.17) is 11.6 Å². The molecule has 1 fully saturated rings. The minimum Gasteiger partial charge on any atom is -0.330 e. The molecule has 1 amide bonds. The van der Waals surface area contributed by atoms with E-state index in [1.807, 2.05) is 0 Å². The Labute approximate surface area is 174 Å². The summed E-state index contributed by atoms with van der Waals surface area (Å²) in [4.78, 5) is 23.1. The van der Waals surface area contributed by atoms with Gasteiger partial charge in [0.15, 0.2) is 5.82 Å². The van der Waals surface area contributed by atoms with Crippen LogP contribution in [0.15, 0.2) is 40.8 Å². The highest BCUT2D eigenvalue weighted by Gasteiger charge is 2.52. The van der Waals surface area contributed by atoms with Gasteiger partial charge in [-0.05, 0) is 25.2 Å². The van der Waals surface area contributed by atoms with Gasteiger partial charge in [-0.1, -0.05) is 22.9 Å². The summed E-state index contributed by atoms with van der Waals surface area (Å²) in [5.74, 6) is -0.483. The largest absolute Gasteiger partial charge is 0.417 e. The first-order valence-corrected chi connectivity index (χ1v) is 9.86. The molecular formula is C19H16ClF3N6O. The Morgan fingerprint density at radius 2 is 2.10 bits per heavy atom. The molecule has 1 saturated carbocycles. The number of nitrogens with zero attached hydrogens (tertiary/aromatic N) is 6. The van der Waals surface area contributed by atoms with Crippen molar-refractivity contribution in [2.24, 2.45) is 11.8 Å². The summed E-state index contributed by atoms with van der Waals surface area (Å²) in [5, 5.41) is 7.86. The van der Waals surface area contributed by atoms with Crippen molar-refractivity contribution in [3.05, 3.63) is 52.2 Å². The Hall–Kier alpha value is -2.75. The average Bonchev–Trinajstić information content (AvgIpc) is 3.35. The molecule has 11 heteroatoms. The van der Waals surface area contributed by atoms with Crippen LogP contribution in [-0.4, -0.2) is 48.5 Å². The van der Waals surface area contributed by atoms with Crippen molar-refractivity contribution in [2.45, 2.75) is 32.0 Å². The number of aromatic nitrogens is 5. The van der Waals surface area contributed by atoms with Crippen LogP contribution in [0.25, 0.3) is 5.82 Å². The van der Waals surface area contributed by atoms with Crippen LogP contribution >= 0.6 is 11.6 Å². The highest BCUT2D eigenvalue weighted by Crippen LogP contribution is 2.55. The monoisotopic (exact) mass is 436 g/mol. The second kappa shape index (κ2) is 6.63. The van der Waals surface area contributed by atoms with Crippen molar-refractivity contribution < 1.29 is 18.0 Å². The van der Waals surface area contributed by atoms with Gasteiger partial charge in [-0.15, -0.1) is 5.10 Å². The zero-order valence-corrected chi connectivity index (χ0v) is 16.5. The number of rotatable bonds is 2. The first kappa shape index (κ1) is 19.2. The van der Waals surface area contributed by atoms with Crippen molar-refractivity contribution in [2.75, 3.05) is 6.54 Å². The van der Waals surface area contributed by atoms with E-state index in [1.54, 1.807) is 30.2 Å². The summed E-state index contributed by atoms with van der Waals surface area (Å²) in [6, 6.07) is -0.457. The predicted octanol–water partition coefficient (Wildman–Crippen LogP) is 3.13. The number of hydrogen-bond acceptors (Lipinski definition) is 5. The number of allylic oxidation sites excluding steroid dienone is 3.